The summed E-state index contributed by atoms with van der Waals surface area (Å²) in [5.74, 6) is 1.52. The molecule has 4 aliphatic rings. The first-order valence-electron chi connectivity index (χ1n) is 16.6. The molecule has 252 valence electrons. The number of hydrogen-bond acceptors (Lipinski definition) is 8. The Morgan fingerprint density at radius 2 is 0.860 bits per heavy atom. The standard InChI is InChI=1S/C41H35NO8/c43-36(44)29-13-17-33(18-14-29)49-40-24-38(47-31-8-3-1-4-9-31)23-39(25-40,48-32-10-5-2-6-11-32)27-41(26-38,28-40)50-34-19-15-30(16-20-34)37(45)46-35-12-7-21-42-22-35/h1-22H,23-28H2,(H,43,44). The van der Waals surface area contributed by atoms with Gasteiger partial charge in [0.1, 0.15) is 51.2 Å². The van der Waals surface area contributed by atoms with E-state index in [0.717, 1.165) is 11.5 Å². The molecular weight excluding hydrogens is 634 g/mol. The zero-order valence-corrected chi connectivity index (χ0v) is 27.2. The predicted octanol–water partition coefficient (Wildman–Crippen LogP) is 7.95. The lowest BCUT2D eigenvalue weighted by atomic mass is 9.48. The van der Waals surface area contributed by atoms with Crippen molar-refractivity contribution in [3.8, 4) is 28.7 Å². The van der Waals surface area contributed by atoms with Crippen molar-refractivity contribution in [3.05, 3.63) is 145 Å². The van der Waals surface area contributed by atoms with E-state index in [1.165, 1.54) is 6.20 Å². The summed E-state index contributed by atoms with van der Waals surface area (Å²) in [4.78, 5) is 28.5. The number of nitrogens with zero attached hydrogens (tertiary/aromatic N) is 1. The van der Waals surface area contributed by atoms with Crippen molar-refractivity contribution in [2.75, 3.05) is 0 Å². The first-order valence-corrected chi connectivity index (χ1v) is 16.6. The number of esters is 1. The topological polar surface area (TPSA) is 113 Å². The molecule has 0 amide bonds. The number of carboxylic acids is 1. The number of ether oxygens (including phenoxy) is 5. The SMILES string of the molecule is O=C(O)c1ccc(OC23CC4(Oc5ccccc5)CC(Oc5ccccc5)(C2)CC(Oc2ccc(C(=O)Oc5cccnc5)cc2)(C4)C3)cc1. The molecule has 0 aliphatic heterocycles. The third-order valence-electron chi connectivity index (χ3n) is 9.73. The van der Waals surface area contributed by atoms with E-state index in [2.05, 4.69) is 4.98 Å². The monoisotopic (exact) mass is 669 g/mol. The molecule has 9 rings (SSSR count). The Morgan fingerprint density at radius 3 is 1.24 bits per heavy atom. The lowest BCUT2D eigenvalue weighted by Crippen LogP contribution is -2.77. The van der Waals surface area contributed by atoms with E-state index in [9.17, 15) is 14.7 Å². The second-order valence-corrected chi connectivity index (χ2v) is 13.8. The molecule has 0 saturated heterocycles. The highest BCUT2D eigenvalue weighted by atomic mass is 16.6. The Morgan fingerprint density at radius 1 is 0.480 bits per heavy atom. The Balaban J connectivity index is 1.16. The van der Waals surface area contributed by atoms with Crippen molar-refractivity contribution in [1.29, 1.82) is 0 Å². The molecule has 4 aromatic carbocycles. The molecule has 1 aromatic heterocycles. The first kappa shape index (κ1) is 31.4. The number of aromatic carboxylic acids is 1. The van der Waals surface area contributed by atoms with Crippen molar-refractivity contribution in [3.63, 3.8) is 0 Å². The lowest BCUT2D eigenvalue weighted by Gasteiger charge is -2.67. The fourth-order valence-electron chi connectivity index (χ4n) is 8.58. The third-order valence-corrected chi connectivity index (χ3v) is 9.73. The van der Waals surface area contributed by atoms with Gasteiger partial charge in [-0.3, -0.25) is 4.98 Å². The second-order valence-electron chi connectivity index (χ2n) is 13.8. The number of para-hydroxylation sites is 2. The molecule has 1 N–H and O–H groups in total. The van der Waals surface area contributed by atoms with E-state index in [4.69, 9.17) is 23.7 Å². The minimum absolute atomic E-state index is 0.184. The van der Waals surface area contributed by atoms with Crippen molar-refractivity contribution >= 4 is 11.9 Å². The molecule has 50 heavy (non-hydrogen) atoms. The Kier molecular flexibility index (Phi) is 7.70. The minimum atomic E-state index is -1.000. The molecule has 4 bridgehead atoms. The quantitative estimate of drug-likeness (QED) is 0.140. The Hall–Kier alpha value is -5.83. The van der Waals surface area contributed by atoms with Gasteiger partial charge in [0.15, 0.2) is 0 Å². The van der Waals surface area contributed by atoms with Crippen LogP contribution in [0.4, 0.5) is 0 Å². The first-order chi connectivity index (χ1) is 24.2. The van der Waals surface area contributed by atoms with Crippen LogP contribution >= 0.6 is 0 Å². The molecule has 5 aromatic rings. The molecule has 4 saturated carbocycles. The average Bonchev–Trinajstić information content (AvgIpc) is 3.09. The Bertz CT molecular complexity index is 1930. The molecule has 9 heteroatoms. The molecule has 1 heterocycles. The summed E-state index contributed by atoms with van der Waals surface area (Å²) < 4.78 is 33.4. The van der Waals surface area contributed by atoms with Gasteiger partial charge in [0.2, 0.25) is 0 Å². The van der Waals surface area contributed by atoms with E-state index >= 15 is 0 Å². The van der Waals surface area contributed by atoms with Gasteiger partial charge in [0, 0.05) is 44.7 Å². The van der Waals surface area contributed by atoms with Crippen LogP contribution in [-0.2, 0) is 0 Å². The van der Waals surface area contributed by atoms with Crippen LogP contribution in [0.25, 0.3) is 0 Å². The van der Waals surface area contributed by atoms with Crippen LogP contribution in [0, 0.1) is 0 Å². The highest BCUT2D eigenvalue weighted by molar-refractivity contribution is 5.91. The minimum Gasteiger partial charge on any atom is -0.487 e. The number of pyridine rings is 1. The number of benzene rings is 4. The van der Waals surface area contributed by atoms with Crippen molar-refractivity contribution in [2.45, 2.75) is 60.9 Å². The molecule has 2 unspecified atom stereocenters. The van der Waals surface area contributed by atoms with Gasteiger partial charge in [-0.2, -0.15) is 0 Å². The summed E-state index contributed by atoms with van der Waals surface area (Å²) in [5, 5.41) is 9.50. The van der Waals surface area contributed by atoms with E-state index in [-0.39, 0.29) is 5.56 Å². The zero-order chi connectivity index (χ0) is 34.2. The number of carbonyl (C=O) groups excluding carboxylic acids is 1. The van der Waals surface area contributed by atoms with Gasteiger partial charge in [-0.05, 0) is 84.9 Å². The zero-order valence-electron chi connectivity index (χ0n) is 27.2. The maximum Gasteiger partial charge on any atom is 0.343 e. The molecule has 4 fully saturated rings. The Labute approximate surface area is 289 Å². The summed E-state index contributed by atoms with van der Waals surface area (Å²) in [6, 6.07) is 36.4. The summed E-state index contributed by atoms with van der Waals surface area (Å²) >= 11 is 0. The van der Waals surface area contributed by atoms with E-state index in [1.54, 1.807) is 66.9 Å². The summed E-state index contributed by atoms with van der Waals surface area (Å²) in [7, 11) is 0. The van der Waals surface area contributed by atoms with E-state index in [0.29, 0.717) is 61.3 Å². The molecule has 0 spiro atoms. The van der Waals surface area contributed by atoms with Gasteiger partial charge in [-0.1, -0.05) is 36.4 Å². The van der Waals surface area contributed by atoms with Crippen LogP contribution in [-0.4, -0.2) is 44.4 Å². The fraction of sp³-hybridized carbons (Fsp3) is 0.244. The number of carboxylic acid groups (broad SMARTS) is 1. The van der Waals surface area contributed by atoms with Crippen LogP contribution in [0.15, 0.2) is 134 Å². The highest BCUT2D eigenvalue weighted by Crippen LogP contribution is 2.65. The molecular formula is C41H35NO8. The van der Waals surface area contributed by atoms with Crippen molar-refractivity contribution in [1.82, 2.24) is 4.98 Å². The molecule has 4 aliphatic carbocycles. The summed E-state index contributed by atoms with van der Waals surface area (Å²) in [5.41, 5.74) is -2.39. The van der Waals surface area contributed by atoms with Crippen LogP contribution in [0.2, 0.25) is 0 Å². The summed E-state index contributed by atoms with van der Waals surface area (Å²) in [6.45, 7) is 0. The molecule has 0 radical (unpaired) electrons. The van der Waals surface area contributed by atoms with Gasteiger partial charge >= 0.3 is 11.9 Å². The van der Waals surface area contributed by atoms with Gasteiger partial charge in [-0.15, -0.1) is 0 Å². The maximum atomic E-state index is 12.9. The summed E-state index contributed by atoms with van der Waals surface area (Å²) in [6.07, 6.45) is 6.61. The van der Waals surface area contributed by atoms with E-state index < -0.39 is 34.3 Å². The second kappa shape index (κ2) is 12.2. The van der Waals surface area contributed by atoms with E-state index in [1.807, 2.05) is 60.7 Å². The van der Waals surface area contributed by atoms with Crippen molar-refractivity contribution < 1.29 is 38.4 Å². The fourth-order valence-corrected chi connectivity index (χ4v) is 8.58. The van der Waals surface area contributed by atoms with Crippen LogP contribution in [0.1, 0.15) is 59.2 Å². The molecule has 2 atom stereocenters. The van der Waals surface area contributed by atoms with Gasteiger partial charge in [0.05, 0.1) is 17.3 Å². The third kappa shape index (κ3) is 6.34. The predicted molar refractivity (Wildman–Crippen MR) is 183 cm³/mol. The van der Waals surface area contributed by atoms with Crippen molar-refractivity contribution in [2.24, 2.45) is 0 Å². The van der Waals surface area contributed by atoms with Crippen LogP contribution in [0.3, 0.4) is 0 Å². The number of rotatable bonds is 11. The highest BCUT2D eigenvalue weighted by Gasteiger charge is 2.73. The van der Waals surface area contributed by atoms with Gasteiger partial charge in [-0.25, -0.2) is 9.59 Å². The van der Waals surface area contributed by atoms with Gasteiger partial charge in [0.25, 0.3) is 0 Å². The number of hydrogen-bond donors (Lipinski definition) is 1. The lowest BCUT2D eigenvalue weighted by molar-refractivity contribution is -0.270. The smallest absolute Gasteiger partial charge is 0.343 e. The molecule has 9 nitrogen and oxygen atoms in total. The maximum absolute atomic E-state index is 12.9. The number of aromatic nitrogens is 1. The van der Waals surface area contributed by atoms with Crippen LogP contribution < -0.4 is 23.7 Å². The number of carbonyl (C=O) groups is 2. The van der Waals surface area contributed by atoms with Crippen LogP contribution in [0.5, 0.6) is 28.7 Å². The largest absolute Gasteiger partial charge is 0.487 e. The van der Waals surface area contributed by atoms with Gasteiger partial charge < -0.3 is 28.8 Å². The normalized spacial score (nSPS) is 26.1. The average molecular weight is 670 g/mol.